The lowest BCUT2D eigenvalue weighted by Gasteiger charge is -2.19. The fraction of sp³-hybridized carbons (Fsp3) is 0.238. The molecule has 2 heterocycles. The monoisotopic (exact) mass is 380 g/mol. The first-order valence-corrected chi connectivity index (χ1v) is 10.7. The molecule has 2 aromatic carbocycles. The topological polar surface area (TPSA) is 33.2 Å². The molecule has 1 saturated heterocycles. The molecular formula is C21H20N2OS2. The summed E-state index contributed by atoms with van der Waals surface area (Å²) in [5.74, 6) is 1.01. The zero-order valence-corrected chi connectivity index (χ0v) is 16.0. The molecule has 0 radical (unpaired) electrons. The summed E-state index contributed by atoms with van der Waals surface area (Å²) in [6, 6.07) is 20.6. The summed E-state index contributed by atoms with van der Waals surface area (Å²) in [6.07, 6.45) is 0.982. The Morgan fingerprint density at radius 2 is 1.73 bits per heavy atom. The van der Waals surface area contributed by atoms with E-state index in [4.69, 9.17) is 0 Å². The normalized spacial score (nSPS) is 17.7. The molecule has 1 aliphatic rings. The first-order chi connectivity index (χ1) is 12.8. The van der Waals surface area contributed by atoms with Gasteiger partial charge in [0.25, 0.3) is 5.91 Å². The van der Waals surface area contributed by atoms with Crippen molar-refractivity contribution in [2.45, 2.75) is 11.7 Å². The Kier molecular flexibility index (Phi) is 5.37. The van der Waals surface area contributed by atoms with Crippen LogP contribution in [0.2, 0.25) is 0 Å². The van der Waals surface area contributed by atoms with Gasteiger partial charge < -0.3 is 4.90 Å². The molecule has 0 spiro atoms. The van der Waals surface area contributed by atoms with Crippen molar-refractivity contribution >= 4 is 29.0 Å². The zero-order chi connectivity index (χ0) is 17.8. The van der Waals surface area contributed by atoms with Gasteiger partial charge in [0.1, 0.15) is 10.7 Å². The Labute approximate surface area is 162 Å². The van der Waals surface area contributed by atoms with Crippen LogP contribution >= 0.6 is 23.1 Å². The number of hydrogen-bond acceptors (Lipinski definition) is 4. The summed E-state index contributed by atoms with van der Waals surface area (Å²) < 4.78 is 0. The first-order valence-electron chi connectivity index (χ1n) is 8.78. The molecule has 0 N–H and O–H groups in total. The number of nitrogens with zero attached hydrogens (tertiary/aromatic N) is 2. The van der Waals surface area contributed by atoms with Gasteiger partial charge in [-0.1, -0.05) is 60.7 Å². The van der Waals surface area contributed by atoms with E-state index in [2.05, 4.69) is 29.2 Å². The number of carbonyl (C=O) groups excluding carboxylic acids is 1. The van der Waals surface area contributed by atoms with Gasteiger partial charge >= 0.3 is 0 Å². The van der Waals surface area contributed by atoms with E-state index < -0.39 is 0 Å². The lowest BCUT2D eigenvalue weighted by molar-refractivity contribution is 0.0761. The number of amides is 1. The minimum Gasteiger partial charge on any atom is -0.336 e. The number of thiazole rings is 1. The van der Waals surface area contributed by atoms with E-state index in [-0.39, 0.29) is 5.91 Å². The SMILES string of the molecule is O=C(c1csc(-c2ccccc2)n1)N1CCSC(c2ccccc2)CC1. The van der Waals surface area contributed by atoms with E-state index in [1.807, 2.05) is 58.4 Å². The van der Waals surface area contributed by atoms with E-state index in [0.717, 1.165) is 35.8 Å². The van der Waals surface area contributed by atoms with Crippen LogP contribution in [0.1, 0.15) is 27.7 Å². The second-order valence-electron chi connectivity index (χ2n) is 6.25. The minimum atomic E-state index is 0.0535. The molecule has 5 heteroatoms. The maximum atomic E-state index is 12.9. The van der Waals surface area contributed by atoms with E-state index in [1.54, 1.807) is 0 Å². The fourth-order valence-electron chi connectivity index (χ4n) is 3.15. The van der Waals surface area contributed by atoms with E-state index in [1.165, 1.54) is 16.9 Å². The summed E-state index contributed by atoms with van der Waals surface area (Å²) in [4.78, 5) is 19.4. The van der Waals surface area contributed by atoms with Crippen molar-refractivity contribution in [2.75, 3.05) is 18.8 Å². The molecule has 0 saturated carbocycles. The highest BCUT2D eigenvalue weighted by atomic mass is 32.2. The third-order valence-corrected chi connectivity index (χ3v) is 6.76. The number of benzene rings is 2. The van der Waals surface area contributed by atoms with Crippen molar-refractivity contribution in [1.82, 2.24) is 9.88 Å². The predicted molar refractivity (Wildman–Crippen MR) is 110 cm³/mol. The van der Waals surface area contributed by atoms with Crippen LogP contribution in [-0.4, -0.2) is 34.6 Å². The lowest BCUT2D eigenvalue weighted by Crippen LogP contribution is -2.33. The summed E-state index contributed by atoms with van der Waals surface area (Å²) in [6.45, 7) is 1.56. The molecule has 1 unspecified atom stereocenters. The quantitative estimate of drug-likeness (QED) is 0.631. The highest BCUT2D eigenvalue weighted by Crippen LogP contribution is 2.34. The molecule has 132 valence electrons. The van der Waals surface area contributed by atoms with E-state index >= 15 is 0 Å². The van der Waals surface area contributed by atoms with Crippen molar-refractivity contribution in [3.63, 3.8) is 0 Å². The maximum absolute atomic E-state index is 12.9. The third-order valence-electron chi connectivity index (χ3n) is 4.54. The molecule has 1 aromatic heterocycles. The van der Waals surface area contributed by atoms with Crippen LogP contribution in [0.4, 0.5) is 0 Å². The van der Waals surface area contributed by atoms with Gasteiger partial charge in [0.2, 0.25) is 0 Å². The Hall–Kier alpha value is -2.11. The van der Waals surface area contributed by atoms with Gasteiger partial charge in [0, 0.05) is 35.0 Å². The molecule has 4 rings (SSSR count). The molecule has 0 bridgehead atoms. The van der Waals surface area contributed by atoms with Crippen LogP contribution in [0.5, 0.6) is 0 Å². The molecule has 1 amide bonds. The molecule has 1 aliphatic heterocycles. The lowest BCUT2D eigenvalue weighted by atomic mass is 10.1. The van der Waals surface area contributed by atoms with Crippen molar-refractivity contribution in [1.29, 1.82) is 0 Å². The minimum absolute atomic E-state index is 0.0535. The summed E-state index contributed by atoms with van der Waals surface area (Å²) >= 11 is 3.48. The Balaban J connectivity index is 1.45. The molecule has 1 atom stereocenters. The smallest absolute Gasteiger partial charge is 0.273 e. The summed E-state index contributed by atoms with van der Waals surface area (Å²) in [5.41, 5.74) is 2.98. The average Bonchev–Trinajstić information content (AvgIpc) is 3.07. The first kappa shape index (κ1) is 17.3. The van der Waals surface area contributed by atoms with Gasteiger partial charge in [0.15, 0.2) is 0 Å². The standard InChI is InChI=1S/C21H20N2OS2/c24-21(18-15-26-20(22-18)17-9-5-2-6-10-17)23-12-11-19(25-14-13-23)16-7-3-1-4-8-16/h1-10,15,19H,11-14H2. The van der Waals surface area contributed by atoms with Gasteiger partial charge in [-0.05, 0) is 12.0 Å². The molecule has 26 heavy (non-hydrogen) atoms. The largest absolute Gasteiger partial charge is 0.336 e. The fourth-order valence-corrected chi connectivity index (χ4v) is 5.19. The second-order valence-corrected chi connectivity index (χ2v) is 8.42. The summed E-state index contributed by atoms with van der Waals surface area (Å²) in [5, 5.41) is 3.25. The van der Waals surface area contributed by atoms with Gasteiger partial charge in [-0.15, -0.1) is 11.3 Å². The highest BCUT2D eigenvalue weighted by molar-refractivity contribution is 7.99. The van der Waals surface area contributed by atoms with Gasteiger partial charge in [-0.25, -0.2) is 4.98 Å². The van der Waals surface area contributed by atoms with Crippen molar-refractivity contribution in [2.24, 2.45) is 0 Å². The van der Waals surface area contributed by atoms with Gasteiger partial charge in [-0.3, -0.25) is 4.79 Å². The molecular weight excluding hydrogens is 360 g/mol. The number of rotatable bonds is 3. The van der Waals surface area contributed by atoms with Crippen LogP contribution in [0.15, 0.2) is 66.0 Å². The average molecular weight is 381 g/mol. The van der Waals surface area contributed by atoms with E-state index in [0.29, 0.717) is 10.9 Å². The van der Waals surface area contributed by atoms with Crippen molar-refractivity contribution < 1.29 is 4.79 Å². The molecule has 3 nitrogen and oxygen atoms in total. The molecule has 3 aromatic rings. The predicted octanol–water partition coefficient (Wildman–Crippen LogP) is 5.13. The number of carbonyl (C=O) groups is 1. The van der Waals surface area contributed by atoms with Crippen molar-refractivity contribution in [3.8, 4) is 10.6 Å². The molecule has 1 fully saturated rings. The number of aromatic nitrogens is 1. The van der Waals surface area contributed by atoms with Crippen LogP contribution in [0.3, 0.4) is 0 Å². The molecule has 0 aliphatic carbocycles. The Morgan fingerprint density at radius 1 is 1.00 bits per heavy atom. The Bertz CT molecular complexity index is 864. The zero-order valence-electron chi connectivity index (χ0n) is 14.4. The van der Waals surface area contributed by atoms with Gasteiger partial charge in [0.05, 0.1) is 0 Å². The van der Waals surface area contributed by atoms with Crippen LogP contribution in [0.25, 0.3) is 10.6 Å². The highest BCUT2D eigenvalue weighted by Gasteiger charge is 2.24. The van der Waals surface area contributed by atoms with Crippen LogP contribution < -0.4 is 0 Å². The maximum Gasteiger partial charge on any atom is 0.273 e. The number of hydrogen-bond donors (Lipinski definition) is 0. The van der Waals surface area contributed by atoms with E-state index in [9.17, 15) is 4.79 Å². The summed E-state index contributed by atoms with van der Waals surface area (Å²) in [7, 11) is 0. The third kappa shape index (κ3) is 3.84. The second kappa shape index (κ2) is 8.06. The van der Waals surface area contributed by atoms with Crippen LogP contribution in [-0.2, 0) is 0 Å². The number of thioether (sulfide) groups is 1. The Morgan fingerprint density at radius 3 is 2.50 bits per heavy atom. The van der Waals surface area contributed by atoms with Gasteiger partial charge in [-0.2, -0.15) is 11.8 Å². The van der Waals surface area contributed by atoms with Crippen molar-refractivity contribution in [3.05, 3.63) is 77.3 Å². The van der Waals surface area contributed by atoms with Crippen LogP contribution in [0, 0.1) is 0 Å².